The fraction of sp³-hybridized carbons (Fsp3) is 0.375. The number of hydrogen-bond donors (Lipinski definition) is 1. The number of hydrogen-bond acceptors (Lipinski definition) is 6. The molecule has 2 aromatic carbocycles. The molecule has 32 heavy (non-hydrogen) atoms. The van der Waals surface area contributed by atoms with E-state index in [1.165, 1.54) is 11.8 Å². The number of benzene rings is 2. The first-order chi connectivity index (χ1) is 15.6. The van der Waals surface area contributed by atoms with Gasteiger partial charge in [0.1, 0.15) is 0 Å². The Hall–Kier alpha value is -2.84. The molecule has 1 aliphatic rings. The number of morpholine rings is 1. The molecule has 3 aromatic rings. The van der Waals surface area contributed by atoms with Gasteiger partial charge in [-0.05, 0) is 49.7 Å². The van der Waals surface area contributed by atoms with Crippen LogP contribution in [0.2, 0.25) is 0 Å². The summed E-state index contributed by atoms with van der Waals surface area (Å²) in [5, 5.41) is 3.74. The molecule has 4 rings (SSSR count). The molecular formula is C24H28N4O3S. The van der Waals surface area contributed by atoms with Crippen molar-refractivity contribution >= 4 is 39.9 Å². The fourth-order valence-corrected chi connectivity index (χ4v) is 4.63. The highest BCUT2D eigenvalue weighted by Crippen LogP contribution is 2.25. The molecule has 168 valence electrons. The summed E-state index contributed by atoms with van der Waals surface area (Å²) in [4.78, 5) is 32.7. The van der Waals surface area contributed by atoms with Crippen LogP contribution in [-0.2, 0) is 16.1 Å². The average molecular weight is 453 g/mol. The third-order valence-electron chi connectivity index (χ3n) is 5.44. The molecule has 1 saturated heterocycles. The highest BCUT2D eigenvalue weighted by molar-refractivity contribution is 8.00. The minimum atomic E-state index is -0.412. The zero-order chi connectivity index (χ0) is 22.5. The Labute approximate surface area is 191 Å². The average Bonchev–Trinajstić information content (AvgIpc) is 2.82. The minimum absolute atomic E-state index is 0.0636. The number of nitrogens with one attached hydrogen (secondary N) is 1. The lowest BCUT2D eigenvalue weighted by Gasteiger charge is -2.28. The standard InChI is InChI=1S/C24H28N4O3S/c1-3-12-28-23(30)20-6-4-5-7-21(20)26-24(28)32-17(2)22(29)25-18-8-10-19(11-9-18)27-13-15-31-16-14-27/h4-11,17H,3,12-16H2,1-2H3,(H,25,29). The third-order valence-corrected chi connectivity index (χ3v) is 6.53. The van der Waals surface area contributed by atoms with Crippen molar-refractivity contribution in [1.82, 2.24) is 9.55 Å². The number of rotatable bonds is 7. The monoisotopic (exact) mass is 452 g/mol. The molecule has 1 aromatic heterocycles. The van der Waals surface area contributed by atoms with Crippen molar-refractivity contribution in [1.29, 1.82) is 0 Å². The lowest BCUT2D eigenvalue weighted by Crippen LogP contribution is -2.36. The number of amides is 1. The van der Waals surface area contributed by atoms with Crippen molar-refractivity contribution in [3.63, 3.8) is 0 Å². The largest absolute Gasteiger partial charge is 0.378 e. The van der Waals surface area contributed by atoms with Crippen molar-refractivity contribution in [2.75, 3.05) is 36.5 Å². The third kappa shape index (κ3) is 4.97. The molecule has 0 bridgehead atoms. The number of para-hydroxylation sites is 1. The highest BCUT2D eigenvalue weighted by atomic mass is 32.2. The maximum absolute atomic E-state index is 12.9. The number of thioether (sulfide) groups is 1. The lowest BCUT2D eigenvalue weighted by molar-refractivity contribution is -0.115. The minimum Gasteiger partial charge on any atom is -0.378 e. The Morgan fingerprint density at radius 2 is 1.88 bits per heavy atom. The second kappa shape index (κ2) is 10.2. The molecule has 0 radical (unpaired) electrons. The summed E-state index contributed by atoms with van der Waals surface area (Å²) in [6, 6.07) is 15.2. The van der Waals surface area contributed by atoms with E-state index in [1.807, 2.05) is 56.3 Å². The second-order valence-electron chi connectivity index (χ2n) is 7.76. The molecule has 1 fully saturated rings. The summed E-state index contributed by atoms with van der Waals surface area (Å²) in [7, 11) is 0. The lowest BCUT2D eigenvalue weighted by atomic mass is 10.2. The number of carbonyl (C=O) groups excluding carboxylic acids is 1. The molecule has 1 amide bonds. The Balaban J connectivity index is 1.47. The van der Waals surface area contributed by atoms with Gasteiger partial charge in [0.2, 0.25) is 5.91 Å². The number of anilines is 2. The van der Waals surface area contributed by atoms with E-state index in [4.69, 9.17) is 4.74 Å². The first kappa shape index (κ1) is 22.4. The quantitative estimate of drug-likeness (QED) is 0.435. The molecule has 0 spiro atoms. The molecule has 0 saturated carbocycles. The topological polar surface area (TPSA) is 76.5 Å². The van der Waals surface area contributed by atoms with E-state index in [0.29, 0.717) is 22.6 Å². The Bertz CT molecular complexity index is 1140. The molecule has 7 nitrogen and oxygen atoms in total. The van der Waals surface area contributed by atoms with Crippen LogP contribution in [0.3, 0.4) is 0 Å². The smallest absolute Gasteiger partial charge is 0.262 e. The van der Waals surface area contributed by atoms with E-state index < -0.39 is 5.25 Å². The summed E-state index contributed by atoms with van der Waals surface area (Å²) in [6.07, 6.45) is 0.809. The van der Waals surface area contributed by atoms with Gasteiger partial charge in [-0.15, -0.1) is 0 Å². The summed E-state index contributed by atoms with van der Waals surface area (Å²) < 4.78 is 7.07. The molecule has 2 heterocycles. The van der Waals surface area contributed by atoms with Crippen LogP contribution in [0.1, 0.15) is 20.3 Å². The normalized spacial score (nSPS) is 15.0. The molecule has 0 aliphatic carbocycles. The van der Waals surface area contributed by atoms with E-state index in [2.05, 4.69) is 15.2 Å². The zero-order valence-electron chi connectivity index (χ0n) is 18.4. The van der Waals surface area contributed by atoms with E-state index in [-0.39, 0.29) is 11.5 Å². The first-order valence-electron chi connectivity index (χ1n) is 11.0. The van der Waals surface area contributed by atoms with Crippen LogP contribution in [0, 0.1) is 0 Å². The van der Waals surface area contributed by atoms with Crippen LogP contribution >= 0.6 is 11.8 Å². The summed E-state index contributed by atoms with van der Waals surface area (Å²) in [6.45, 7) is 7.64. The maximum Gasteiger partial charge on any atom is 0.262 e. The first-order valence-corrected chi connectivity index (χ1v) is 11.8. The predicted molar refractivity (Wildman–Crippen MR) is 130 cm³/mol. The highest BCUT2D eigenvalue weighted by Gasteiger charge is 2.20. The number of aromatic nitrogens is 2. The van der Waals surface area contributed by atoms with Crippen LogP contribution in [0.4, 0.5) is 11.4 Å². The van der Waals surface area contributed by atoms with Gasteiger partial charge < -0.3 is 15.0 Å². The molecular weight excluding hydrogens is 424 g/mol. The Morgan fingerprint density at radius 3 is 2.59 bits per heavy atom. The zero-order valence-corrected chi connectivity index (χ0v) is 19.2. The van der Waals surface area contributed by atoms with E-state index in [1.54, 1.807) is 10.6 Å². The molecule has 1 atom stereocenters. The van der Waals surface area contributed by atoms with Crippen molar-refractivity contribution in [2.24, 2.45) is 0 Å². The van der Waals surface area contributed by atoms with Gasteiger partial charge in [-0.1, -0.05) is 30.8 Å². The van der Waals surface area contributed by atoms with Gasteiger partial charge >= 0.3 is 0 Å². The van der Waals surface area contributed by atoms with Gasteiger partial charge in [-0.25, -0.2) is 4.98 Å². The van der Waals surface area contributed by atoms with E-state index in [0.717, 1.165) is 44.1 Å². The van der Waals surface area contributed by atoms with Gasteiger partial charge in [0.05, 0.1) is 29.4 Å². The van der Waals surface area contributed by atoms with E-state index >= 15 is 0 Å². The molecule has 1 unspecified atom stereocenters. The second-order valence-corrected chi connectivity index (χ2v) is 9.07. The summed E-state index contributed by atoms with van der Waals surface area (Å²) >= 11 is 1.31. The van der Waals surface area contributed by atoms with Crippen molar-refractivity contribution in [2.45, 2.75) is 37.2 Å². The number of carbonyl (C=O) groups is 1. The fourth-order valence-electron chi connectivity index (χ4n) is 3.69. The van der Waals surface area contributed by atoms with Crippen LogP contribution in [0.25, 0.3) is 10.9 Å². The molecule has 1 aliphatic heterocycles. The SMILES string of the molecule is CCCn1c(SC(C)C(=O)Nc2ccc(N3CCOCC3)cc2)nc2ccccc2c1=O. The number of nitrogens with zero attached hydrogens (tertiary/aromatic N) is 3. The van der Waals surface area contributed by atoms with E-state index in [9.17, 15) is 9.59 Å². The Morgan fingerprint density at radius 1 is 1.16 bits per heavy atom. The number of ether oxygens (including phenoxy) is 1. The molecule has 8 heteroatoms. The van der Waals surface area contributed by atoms with Crippen LogP contribution in [0.5, 0.6) is 0 Å². The van der Waals surface area contributed by atoms with Crippen molar-refractivity contribution in [3.05, 3.63) is 58.9 Å². The maximum atomic E-state index is 12.9. The predicted octanol–water partition coefficient (Wildman–Crippen LogP) is 3.76. The number of fused-ring (bicyclic) bond motifs is 1. The van der Waals surface area contributed by atoms with Crippen LogP contribution in [-0.4, -0.2) is 47.0 Å². The van der Waals surface area contributed by atoms with Crippen molar-refractivity contribution < 1.29 is 9.53 Å². The molecule has 1 N–H and O–H groups in total. The van der Waals surface area contributed by atoms with Gasteiger partial charge in [0.25, 0.3) is 5.56 Å². The summed E-state index contributed by atoms with van der Waals surface area (Å²) in [5.41, 5.74) is 2.46. The van der Waals surface area contributed by atoms with Gasteiger partial charge in [0, 0.05) is 31.0 Å². The van der Waals surface area contributed by atoms with Crippen LogP contribution in [0.15, 0.2) is 58.5 Å². The van der Waals surface area contributed by atoms with Crippen LogP contribution < -0.4 is 15.8 Å². The van der Waals surface area contributed by atoms with Gasteiger partial charge in [-0.2, -0.15) is 0 Å². The van der Waals surface area contributed by atoms with Crippen molar-refractivity contribution in [3.8, 4) is 0 Å². The summed E-state index contributed by atoms with van der Waals surface area (Å²) in [5.74, 6) is -0.125. The van der Waals surface area contributed by atoms with Gasteiger partial charge in [-0.3, -0.25) is 14.2 Å². The Kier molecular flexibility index (Phi) is 7.12. The van der Waals surface area contributed by atoms with Gasteiger partial charge in [0.15, 0.2) is 5.16 Å².